The van der Waals surface area contributed by atoms with Crippen molar-refractivity contribution in [2.24, 2.45) is 4.99 Å². The third-order valence-electron chi connectivity index (χ3n) is 4.36. The van der Waals surface area contributed by atoms with Crippen molar-refractivity contribution in [1.29, 1.82) is 0 Å². The van der Waals surface area contributed by atoms with Crippen LogP contribution in [-0.4, -0.2) is 47.0 Å². The second kappa shape index (κ2) is 12.5. The summed E-state index contributed by atoms with van der Waals surface area (Å²) in [6.45, 7) is 0.305. The molecule has 7 nitrogen and oxygen atoms in total. The van der Waals surface area contributed by atoms with Gasteiger partial charge in [0.15, 0.2) is 29.0 Å². The van der Waals surface area contributed by atoms with Crippen LogP contribution in [0.1, 0.15) is 18.1 Å². The van der Waals surface area contributed by atoms with Crippen molar-refractivity contribution < 1.29 is 27.7 Å². The molecule has 0 fully saturated rings. The Hall–Kier alpha value is -3.23. The van der Waals surface area contributed by atoms with E-state index in [4.69, 9.17) is 14.2 Å². The van der Waals surface area contributed by atoms with Gasteiger partial charge in [0.2, 0.25) is 0 Å². The molecule has 2 aromatic rings. The van der Waals surface area contributed by atoms with Gasteiger partial charge in [-0.1, -0.05) is 12.1 Å². The molecule has 2 N–H and O–H groups in total. The van der Waals surface area contributed by atoms with Gasteiger partial charge in [-0.3, -0.25) is 4.99 Å². The molecule has 0 atom stereocenters. The van der Waals surface area contributed by atoms with Crippen LogP contribution in [0.5, 0.6) is 23.0 Å². The number of benzene rings is 2. The Morgan fingerprint density at radius 2 is 1.61 bits per heavy atom. The molecule has 0 spiro atoms. The van der Waals surface area contributed by atoms with E-state index in [1.54, 1.807) is 40.3 Å². The lowest BCUT2D eigenvalue weighted by Gasteiger charge is -2.15. The quantitative estimate of drug-likeness (QED) is 0.413. The van der Waals surface area contributed by atoms with Crippen LogP contribution in [0, 0.1) is 0 Å². The van der Waals surface area contributed by atoms with Crippen molar-refractivity contribution in [3.8, 4) is 23.0 Å². The summed E-state index contributed by atoms with van der Waals surface area (Å²) >= 11 is 0. The van der Waals surface area contributed by atoms with Crippen LogP contribution < -0.4 is 29.6 Å². The summed E-state index contributed by atoms with van der Waals surface area (Å²) in [5.74, 6) is 2.28. The topological polar surface area (TPSA) is 73.3 Å². The molecule has 2 rings (SSSR count). The first-order chi connectivity index (χ1) is 15.0. The first kappa shape index (κ1) is 24.0. The molecular formula is C22H29F2N3O4. The van der Waals surface area contributed by atoms with Crippen molar-refractivity contribution in [2.75, 3.05) is 34.4 Å². The summed E-state index contributed by atoms with van der Waals surface area (Å²) in [5, 5.41) is 6.44. The molecule has 0 aliphatic rings. The van der Waals surface area contributed by atoms with Crippen LogP contribution in [0.4, 0.5) is 8.78 Å². The van der Waals surface area contributed by atoms with E-state index in [9.17, 15) is 8.78 Å². The fourth-order valence-electron chi connectivity index (χ4n) is 2.89. The zero-order valence-electron chi connectivity index (χ0n) is 18.2. The van der Waals surface area contributed by atoms with E-state index in [1.165, 1.54) is 6.07 Å². The predicted molar refractivity (Wildman–Crippen MR) is 116 cm³/mol. The highest BCUT2D eigenvalue weighted by molar-refractivity contribution is 5.79. The van der Waals surface area contributed by atoms with Gasteiger partial charge in [0.1, 0.15) is 0 Å². The number of hydrogen-bond donors (Lipinski definition) is 2. The highest BCUT2D eigenvalue weighted by Gasteiger charge is 2.12. The second-order valence-electron chi connectivity index (χ2n) is 6.38. The van der Waals surface area contributed by atoms with Gasteiger partial charge in [-0.2, -0.15) is 8.78 Å². The molecule has 0 aromatic heterocycles. The van der Waals surface area contributed by atoms with E-state index in [0.29, 0.717) is 37.2 Å². The van der Waals surface area contributed by atoms with Crippen molar-refractivity contribution in [3.05, 3.63) is 47.5 Å². The molecule has 0 aliphatic carbocycles. The molecule has 31 heavy (non-hydrogen) atoms. The average Bonchev–Trinajstić information content (AvgIpc) is 2.77. The molecule has 0 amide bonds. The number of nitrogens with one attached hydrogen (secondary N) is 2. The number of nitrogens with zero attached hydrogens (tertiary/aromatic N) is 1. The van der Waals surface area contributed by atoms with Crippen LogP contribution in [0.2, 0.25) is 0 Å². The van der Waals surface area contributed by atoms with E-state index in [-0.39, 0.29) is 11.5 Å². The molecule has 0 saturated carbocycles. The van der Waals surface area contributed by atoms with Gasteiger partial charge in [-0.05, 0) is 48.7 Å². The third kappa shape index (κ3) is 7.51. The normalized spacial score (nSPS) is 11.3. The number of halogens is 2. The lowest BCUT2D eigenvalue weighted by Crippen LogP contribution is -2.37. The van der Waals surface area contributed by atoms with E-state index < -0.39 is 6.61 Å². The van der Waals surface area contributed by atoms with Gasteiger partial charge in [0.25, 0.3) is 0 Å². The largest absolute Gasteiger partial charge is 0.493 e. The monoisotopic (exact) mass is 437 g/mol. The Kier molecular flexibility index (Phi) is 9.67. The molecule has 9 heteroatoms. The standard InChI is InChI=1S/C22H29F2N3O4/c1-5-30-20-13-16(7-9-18(20)31-21(23)24)14-27-22(25-2)26-11-10-15-6-8-17(28-3)19(12-15)29-4/h6-9,12-13,21H,5,10-11,14H2,1-4H3,(H2,25,26,27). The first-order valence-corrected chi connectivity index (χ1v) is 9.86. The molecule has 2 aromatic carbocycles. The lowest BCUT2D eigenvalue weighted by molar-refractivity contribution is -0.0514. The highest BCUT2D eigenvalue weighted by Crippen LogP contribution is 2.30. The van der Waals surface area contributed by atoms with Crippen LogP contribution in [-0.2, 0) is 13.0 Å². The number of methoxy groups -OCH3 is 2. The second-order valence-corrected chi connectivity index (χ2v) is 6.38. The Labute approximate surface area is 181 Å². The average molecular weight is 437 g/mol. The van der Waals surface area contributed by atoms with Gasteiger partial charge >= 0.3 is 6.61 Å². The maximum atomic E-state index is 12.5. The highest BCUT2D eigenvalue weighted by atomic mass is 19.3. The van der Waals surface area contributed by atoms with Crippen LogP contribution in [0.3, 0.4) is 0 Å². The van der Waals surface area contributed by atoms with Crippen molar-refractivity contribution in [1.82, 2.24) is 10.6 Å². The number of aliphatic imine (C=N–C) groups is 1. The Balaban J connectivity index is 1.90. The summed E-state index contributed by atoms with van der Waals surface area (Å²) in [7, 11) is 4.89. The van der Waals surface area contributed by atoms with Gasteiger partial charge in [0.05, 0.1) is 20.8 Å². The Morgan fingerprint density at radius 3 is 2.26 bits per heavy atom. The van der Waals surface area contributed by atoms with Crippen molar-refractivity contribution >= 4 is 5.96 Å². The van der Waals surface area contributed by atoms with Gasteiger partial charge in [-0.25, -0.2) is 0 Å². The maximum Gasteiger partial charge on any atom is 0.387 e. The summed E-state index contributed by atoms with van der Waals surface area (Å²) in [6.07, 6.45) is 0.759. The summed E-state index contributed by atoms with van der Waals surface area (Å²) in [5.41, 5.74) is 1.93. The maximum absolute atomic E-state index is 12.5. The number of rotatable bonds is 11. The smallest absolute Gasteiger partial charge is 0.387 e. The summed E-state index contributed by atoms with van der Waals surface area (Å²) < 4.78 is 45.6. The van der Waals surface area contributed by atoms with Gasteiger partial charge < -0.3 is 29.6 Å². The summed E-state index contributed by atoms with van der Waals surface area (Å²) in [4.78, 5) is 4.21. The zero-order chi connectivity index (χ0) is 22.6. The lowest BCUT2D eigenvalue weighted by atomic mass is 10.1. The van der Waals surface area contributed by atoms with E-state index in [2.05, 4.69) is 20.4 Å². The molecule has 0 radical (unpaired) electrons. The molecule has 0 bridgehead atoms. The van der Waals surface area contributed by atoms with E-state index in [1.807, 2.05) is 18.2 Å². The van der Waals surface area contributed by atoms with Crippen molar-refractivity contribution in [2.45, 2.75) is 26.5 Å². The first-order valence-electron chi connectivity index (χ1n) is 9.86. The molecule has 0 unspecified atom stereocenters. The minimum absolute atomic E-state index is 0.0121. The molecule has 0 heterocycles. The van der Waals surface area contributed by atoms with Crippen LogP contribution >= 0.6 is 0 Å². The fourth-order valence-corrected chi connectivity index (χ4v) is 2.89. The van der Waals surface area contributed by atoms with E-state index >= 15 is 0 Å². The minimum atomic E-state index is -2.91. The number of ether oxygens (including phenoxy) is 4. The Bertz CT molecular complexity index is 863. The number of alkyl halides is 2. The Morgan fingerprint density at radius 1 is 0.935 bits per heavy atom. The SMILES string of the molecule is CCOc1cc(CNC(=NC)NCCc2ccc(OC)c(OC)c2)ccc1OC(F)F. The summed E-state index contributed by atoms with van der Waals surface area (Å²) in [6, 6.07) is 10.6. The minimum Gasteiger partial charge on any atom is -0.493 e. The van der Waals surface area contributed by atoms with Gasteiger partial charge in [-0.15, -0.1) is 0 Å². The zero-order valence-corrected chi connectivity index (χ0v) is 18.2. The molecule has 0 saturated heterocycles. The van der Waals surface area contributed by atoms with E-state index in [0.717, 1.165) is 17.5 Å². The third-order valence-corrected chi connectivity index (χ3v) is 4.36. The van der Waals surface area contributed by atoms with Crippen LogP contribution in [0.15, 0.2) is 41.4 Å². The molecule has 170 valence electrons. The number of guanidine groups is 1. The molecule has 0 aliphatic heterocycles. The number of hydrogen-bond acceptors (Lipinski definition) is 5. The fraction of sp³-hybridized carbons (Fsp3) is 0.409. The van der Waals surface area contributed by atoms with Crippen LogP contribution in [0.25, 0.3) is 0 Å². The van der Waals surface area contributed by atoms with Gasteiger partial charge in [0, 0.05) is 20.1 Å². The molecular weight excluding hydrogens is 408 g/mol. The van der Waals surface area contributed by atoms with Crippen molar-refractivity contribution in [3.63, 3.8) is 0 Å². The predicted octanol–water partition coefficient (Wildman–Crippen LogP) is 3.61.